The van der Waals surface area contributed by atoms with Crippen LogP contribution >= 0.6 is 11.6 Å². The van der Waals surface area contributed by atoms with Gasteiger partial charge in [0, 0.05) is 34.9 Å². The molecular weight excluding hydrogens is 322 g/mol. The number of hydrogen-bond donors (Lipinski definition) is 0. The summed E-state index contributed by atoms with van der Waals surface area (Å²) < 4.78 is 5.54. The average Bonchev–Trinajstić information content (AvgIpc) is 2.75. The predicted octanol–water partition coefficient (Wildman–Crippen LogP) is 4.60. The molecule has 24 heavy (non-hydrogen) atoms. The highest BCUT2D eigenvalue weighted by atomic mass is 35.5. The van der Waals surface area contributed by atoms with Gasteiger partial charge in [-0.3, -0.25) is 4.79 Å². The summed E-state index contributed by atoms with van der Waals surface area (Å²) in [7, 11) is 1.99. The average molecular weight is 342 g/mol. The van der Waals surface area contributed by atoms with Crippen LogP contribution in [0.2, 0.25) is 5.02 Å². The van der Waals surface area contributed by atoms with Crippen LogP contribution in [0.25, 0.3) is 0 Å². The van der Waals surface area contributed by atoms with Crippen molar-refractivity contribution in [2.24, 2.45) is 0 Å². The highest BCUT2D eigenvalue weighted by molar-refractivity contribution is 6.30. The number of rotatable bonds is 4. The quantitative estimate of drug-likeness (QED) is 0.761. The Morgan fingerprint density at radius 2 is 1.96 bits per heavy atom. The summed E-state index contributed by atoms with van der Waals surface area (Å²) in [5.41, 5.74) is 3.12. The first-order valence-corrected chi connectivity index (χ1v) is 8.24. The van der Waals surface area contributed by atoms with Crippen molar-refractivity contribution in [3.05, 3.63) is 70.9 Å². The van der Waals surface area contributed by atoms with Gasteiger partial charge in [0.1, 0.15) is 5.75 Å². The van der Waals surface area contributed by atoms with Gasteiger partial charge in [-0.05, 0) is 29.8 Å². The normalized spacial score (nSPS) is 17.0. The molecule has 0 fully saturated rings. The van der Waals surface area contributed by atoms with Crippen LogP contribution in [0.1, 0.15) is 19.4 Å². The maximum Gasteiger partial charge on any atom is 0.194 e. The molecule has 0 bridgehead atoms. The van der Waals surface area contributed by atoms with Gasteiger partial charge in [0.15, 0.2) is 12.4 Å². The number of fused-ring (bicyclic) bond motifs is 1. The van der Waals surface area contributed by atoms with Gasteiger partial charge in [0.05, 0.1) is 0 Å². The van der Waals surface area contributed by atoms with Crippen molar-refractivity contribution >= 4 is 23.1 Å². The van der Waals surface area contributed by atoms with Crippen LogP contribution in [-0.2, 0) is 10.2 Å². The minimum Gasteiger partial charge on any atom is -0.485 e. The number of para-hydroxylation sites is 1. The zero-order valence-electron chi connectivity index (χ0n) is 14.0. The van der Waals surface area contributed by atoms with Crippen molar-refractivity contribution < 1.29 is 9.53 Å². The van der Waals surface area contributed by atoms with Gasteiger partial charge in [-0.15, -0.1) is 0 Å². The summed E-state index contributed by atoms with van der Waals surface area (Å²) in [6, 6.07) is 15.3. The Labute approximate surface area is 147 Å². The SMILES string of the molecule is CN1C(=CC(=O)COc2cccc(Cl)c2)C(C)(C)c2ccccc21. The molecule has 2 aromatic carbocycles. The lowest BCUT2D eigenvalue weighted by Gasteiger charge is -2.23. The Morgan fingerprint density at radius 3 is 2.67 bits per heavy atom. The number of carbonyl (C=O) groups excluding carboxylic acids is 1. The molecule has 0 aromatic heterocycles. The van der Waals surface area contributed by atoms with Gasteiger partial charge >= 0.3 is 0 Å². The molecule has 0 amide bonds. The third-order valence-electron chi connectivity index (χ3n) is 4.42. The molecule has 1 heterocycles. The van der Waals surface area contributed by atoms with Gasteiger partial charge in [0.2, 0.25) is 0 Å². The molecule has 124 valence electrons. The van der Waals surface area contributed by atoms with Crippen LogP contribution in [0.4, 0.5) is 5.69 Å². The number of ether oxygens (including phenoxy) is 1. The molecule has 0 N–H and O–H groups in total. The third kappa shape index (κ3) is 3.04. The monoisotopic (exact) mass is 341 g/mol. The molecule has 1 aliphatic heterocycles. The van der Waals surface area contributed by atoms with Gasteiger partial charge in [-0.1, -0.05) is 49.7 Å². The number of carbonyl (C=O) groups is 1. The van der Waals surface area contributed by atoms with Gasteiger partial charge in [-0.25, -0.2) is 0 Å². The van der Waals surface area contributed by atoms with E-state index >= 15 is 0 Å². The maximum absolute atomic E-state index is 12.4. The lowest BCUT2D eigenvalue weighted by Crippen LogP contribution is -2.25. The Hall–Kier alpha value is -2.26. The van der Waals surface area contributed by atoms with Crippen molar-refractivity contribution in [1.29, 1.82) is 0 Å². The van der Waals surface area contributed by atoms with E-state index in [9.17, 15) is 4.79 Å². The molecule has 4 heteroatoms. The molecule has 1 aliphatic rings. The number of hydrogen-bond acceptors (Lipinski definition) is 3. The van der Waals surface area contributed by atoms with Crippen LogP contribution in [0.3, 0.4) is 0 Å². The van der Waals surface area contributed by atoms with Crippen LogP contribution in [0.5, 0.6) is 5.75 Å². The number of benzene rings is 2. The molecule has 0 radical (unpaired) electrons. The largest absolute Gasteiger partial charge is 0.485 e. The van der Waals surface area contributed by atoms with E-state index in [1.54, 1.807) is 30.3 Å². The summed E-state index contributed by atoms with van der Waals surface area (Å²) in [6.45, 7) is 4.25. The smallest absolute Gasteiger partial charge is 0.194 e. The number of likely N-dealkylation sites (N-methyl/N-ethyl adjacent to an activating group) is 1. The maximum atomic E-state index is 12.4. The fourth-order valence-electron chi connectivity index (χ4n) is 3.16. The molecule has 0 aliphatic carbocycles. The highest BCUT2D eigenvalue weighted by Crippen LogP contribution is 2.46. The van der Waals surface area contributed by atoms with Crippen LogP contribution in [0.15, 0.2) is 60.3 Å². The van der Waals surface area contributed by atoms with E-state index in [4.69, 9.17) is 16.3 Å². The number of halogens is 1. The minimum atomic E-state index is -0.211. The number of nitrogens with zero attached hydrogens (tertiary/aromatic N) is 1. The van der Waals surface area contributed by atoms with E-state index < -0.39 is 0 Å². The zero-order chi connectivity index (χ0) is 17.3. The Balaban J connectivity index is 1.77. The first-order valence-electron chi connectivity index (χ1n) is 7.86. The van der Waals surface area contributed by atoms with Gasteiger partial charge in [0.25, 0.3) is 0 Å². The van der Waals surface area contributed by atoms with E-state index in [-0.39, 0.29) is 17.8 Å². The van der Waals surface area contributed by atoms with Crippen molar-refractivity contribution in [2.75, 3.05) is 18.6 Å². The summed E-state index contributed by atoms with van der Waals surface area (Å²) in [5, 5.41) is 0.588. The van der Waals surface area contributed by atoms with Gasteiger partial charge in [-0.2, -0.15) is 0 Å². The van der Waals surface area contributed by atoms with E-state index in [0.29, 0.717) is 10.8 Å². The Bertz CT molecular complexity index is 811. The number of anilines is 1. The molecule has 0 saturated carbocycles. The fourth-order valence-corrected chi connectivity index (χ4v) is 3.34. The highest BCUT2D eigenvalue weighted by Gasteiger charge is 2.38. The molecule has 0 spiro atoms. The zero-order valence-corrected chi connectivity index (χ0v) is 14.8. The summed E-state index contributed by atoms with van der Waals surface area (Å²) in [5.74, 6) is 0.522. The fraction of sp³-hybridized carbons (Fsp3) is 0.250. The lowest BCUT2D eigenvalue weighted by molar-refractivity contribution is -0.116. The second-order valence-electron chi connectivity index (χ2n) is 6.44. The minimum absolute atomic E-state index is 0.00981. The number of ketones is 1. The topological polar surface area (TPSA) is 29.5 Å². The van der Waals surface area contributed by atoms with E-state index in [0.717, 1.165) is 11.4 Å². The summed E-state index contributed by atoms with van der Waals surface area (Å²) >= 11 is 5.92. The van der Waals surface area contributed by atoms with E-state index in [1.165, 1.54) is 5.56 Å². The third-order valence-corrected chi connectivity index (χ3v) is 4.65. The van der Waals surface area contributed by atoms with Crippen molar-refractivity contribution in [1.82, 2.24) is 0 Å². The Kier molecular flexibility index (Phi) is 4.37. The molecule has 0 unspecified atom stereocenters. The summed E-state index contributed by atoms with van der Waals surface area (Å²) in [4.78, 5) is 14.5. The molecular formula is C20H20ClNO2. The van der Waals surface area contributed by atoms with E-state index in [1.807, 2.05) is 19.2 Å². The first-order chi connectivity index (χ1) is 11.4. The molecule has 3 rings (SSSR count). The van der Waals surface area contributed by atoms with Crippen molar-refractivity contribution in [3.63, 3.8) is 0 Å². The molecule has 3 nitrogen and oxygen atoms in total. The summed E-state index contributed by atoms with van der Waals surface area (Å²) in [6.07, 6.45) is 1.69. The second kappa shape index (κ2) is 6.33. The van der Waals surface area contributed by atoms with E-state index in [2.05, 4.69) is 30.9 Å². The first kappa shape index (κ1) is 16.6. The molecule has 2 aromatic rings. The van der Waals surface area contributed by atoms with Crippen LogP contribution in [-0.4, -0.2) is 19.4 Å². The molecule has 0 saturated heterocycles. The van der Waals surface area contributed by atoms with Crippen molar-refractivity contribution in [2.45, 2.75) is 19.3 Å². The standard InChI is InChI=1S/C20H20ClNO2/c1-20(2)17-9-4-5-10-18(17)22(3)19(20)12-15(23)13-24-16-8-6-7-14(21)11-16/h4-12H,13H2,1-3H3. The second-order valence-corrected chi connectivity index (χ2v) is 6.88. The lowest BCUT2D eigenvalue weighted by atomic mass is 9.83. The van der Waals surface area contributed by atoms with Crippen molar-refractivity contribution in [3.8, 4) is 5.75 Å². The van der Waals surface area contributed by atoms with Crippen LogP contribution in [0, 0.1) is 0 Å². The van der Waals surface area contributed by atoms with Crippen LogP contribution < -0.4 is 9.64 Å². The molecule has 0 atom stereocenters. The van der Waals surface area contributed by atoms with Gasteiger partial charge < -0.3 is 9.64 Å². The Morgan fingerprint density at radius 1 is 1.21 bits per heavy atom. The predicted molar refractivity (Wildman–Crippen MR) is 97.9 cm³/mol. The number of allylic oxidation sites excluding steroid dienone is 1.